The van der Waals surface area contributed by atoms with Gasteiger partial charge in [0.15, 0.2) is 5.82 Å². The lowest BCUT2D eigenvalue weighted by Gasteiger charge is -2.12. The molecule has 108 valence electrons. The molecule has 0 spiro atoms. The molecule has 0 fully saturated rings. The molecule has 0 aliphatic heterocycles. The van der Waals surface area contributed by atoms with Crippen LogP contribution < -0.4 is 0 Å². The van der Waals surface area contributed by atoms with E-state index in [-0.39, 0.29) is 12.3 Å². The normalized spacial score (nSPS) is 14.2. The number of halogens is 2. The number of aliphatic hydroxyl groups excluding tert-OH is 1. The highest BCUT2D eigenvalue weighted by atomic mass is 35.5. The molecule has 20 heavy (non-hydrogen) atoms. The zero-order valence-electron chi connectivity index (χ0n) is 11.3. The number of aliphatic hydroxyl groups is 1. The average molecular weight is 299 g/mol. The molecular formula is C14H16ClFN2O2. The molecule has 2 aromatic rings. The third-order valence-electron chi connectivity index (χ3n) is 3.22. The molecule has 1 aromatic carbocycles. The van der Waals surface area contributed by atoms with Crippen molar-refractivity contribution in [1.29, 1.82) is 0 Å². The Morgan fingerprint density at radius 3 is 2.80 bits per heavy atom. The highest BCUT2D eigenvalue weighted by molar-refractivity contribution is 6.31. The lowest BCUT2D eigenvalue weighted by atomic mass is 10.0. The molecule has 2 atom stereocenters. The first-order chi connectivity index (χ1) is 9.52. The molecule has 0 aliphatic rings. The minimum atomic E-state index is -0.578. The van der Waals surface area contributed by atoms with E-state index in [1.54, 1.807) is 19.1 Å². The van der Waals surface area contributed by atoms with Crippen molar-refractivity contribution in [2.24, 2.45) is 0 Å². The predicted molar refractivity (Wildman–Crippen MR) is 73.2 cm³/mol. The van der Waals surface area contributed by atoms with Crippen molar-refractivity contribution in [3.05, 3.63) is 46.3 Å². The Hall–Kier alpha value is -1.46. The molecule has 0 saturated heterocycles. The summed E-state index contributed by atoms with van der Waals surface area (Å²) >= 11 is 5.96. The van der Waals surface area contributed by atoms with Crippen LogP contribution in [0.3, 0.4) is 0 Å². The summed E-state index contributed by atoms with van der Waals surface area (Å²) in [5.74, 6) is 0.106. The van der Waals surface area contributed by atoms with Gasteiger partial charge in [-0.15, -0.1) is 0 Å². The Morgan fingerprint density at radius 2 is 2.20 bits per heavy atom. The van der Waals surface area contributed by atoms with Gasteiger partial charge in [0.1, 0.15) is 5.82 Å². The Balaban J connectivity index is 2.22. The quantitative estimate of drug-likeness (QED) is 0.920. The summed E-state index contributed by atoms with van der Waals surface area (Å²) in [5.41, 5.74) is 0.339. The fraction of sp³-hybridized carbons (Fsp3) is 0.429. The maximum absolute atomic E-state index is 13.7. The van der Waals surface area contributed by atoms with Crippen LogP contribution in [0.5, 0.6) is 0 Å². The van der Waals surface area contributed by atoms with E-state index in [2.05, 4.69) is 10.1 Å². The summed E-state index contributed by atoms with van der Waals surface area (Å²) in [7, 11) is 0. The van der Waals surface area contributed by atoms with Crippen LogP contribution in [0.4, 0.5) is 4.39 Å². The molecule has 0 amide bonds. The summed E-state index contributed by atoms with van der Waals surface area (Å²) < 4.78 is 18.8. The first kappa shape index (κ1) is 14.9. The smallest absolute Gasteiger partial charge is 0.232 e. The van der Waals surface area contributed by atoms with Crippen LogP contribution >= 0.6 is 11.6 Å². The molecule has 0 bridgehead atoms. The van der Waals surface area contributed by atoms with Crippen LogP contribution in [0.2, 0.25) is 5.02 Å². The van der Waals surface area contributed by atoms with E-state index in [1.807, 2.05) is 6.92 Å². The van der Waals surface area contributed by atoms with Gasteiger partial charge < -0.3 is 9.63 Å². The van der Waals surface area contributed by atoms with E-state index in [1.165, 1.54) is 6.07 Å². The second kappa shape index (κ2) is 6.33. The average Bonchev–Trinajstić information content (AvgIpc) is 2.83. The van der Waals surface area contributed by atoms with E-state index >= 15 is 0 Å². The first-order valence-electron chi connectivity index (χ1n) is 6.46. The van der Waals surface area contributed by atoms with Gasteiger partial charge in [-0.25, -0.2) is 4.39 Å². The molecule has 4 nitrogen and oxygen atoms in total. The van der Waals surface area contributed by atoms with E-state index in [4.69, 9.17) is 16.1 Å². The van der Waals surface area contributed by atoms with Crippen LogP contribution in [0.25, 0.3) is 0 Å². The number of hydrogen-bond donors (Lipinski definition) is 1. The van der Waals surface area contributed by atoms with Gasteiger partial charge in [-0.3, -0.25) is 0 Å². The van der Waals surface area contributed by atoms with Gasteiger partial charge in [-0.1, -0.05) is 29.7 Å². The van der Waals surface area contributed by atoms with Crippen molar-refractivity contribution in [3.63, 3.8) is 0 Å². The van der Waals surface area contributed by atoms with Gasteiger partial charge >= 0.3 is 0 Å². The van der Waals surface area contributed by atoms with Gasteiger partial charge in [0.25, 0.3) is 0 Å². The standard InChI is InChI=1S/C14H16ClFN2O2/c1-3-9(8(2)19)14-17-13(18-20-14)7-10-11(15)5-4-6-12(10)16/h4-6,8-9,19H,3,7H2,1-2H3. The zero-order chi connectivity index (χ0) is 14.7. The molecule has 0 radical (unpaired) electrons. The second-order valence-electron chi connectivity index (χ2n) is 4.68. The minimum absolute atomic E-state index is 0.158. The van der Waals surface area contributed by atoms with Crippen molar-refractivity contribution in [3.8, 4) is 0 Å². The lowest BCUT2D eigenvalue weighted by Crippen LogP contribution is -2.14. The number of benzene rings is 1. The van der Waals surface area contributed by atoms with Crippen molar-refractivity contribution in [1.82, 2.24) is 10.1 Å². The SMILES string of the molecule is CCC(c1nc(Cc2c(F)cccc2Cl)no1)C(C)O. The fourth-order valence-corrected chi connectivity index (χ4v) is 2.30. The van der Waals surface area contributed by atoms with Gasteiger partial charge in [0.05, 0.1) is 12.0 Å². The van der Waals surface area contributed by atoms with E-state index in [9.17, 15) is 9.50 Å². The molecule has 2 unspecified atom stereocenters. The van der Waals surface area contributed by atoms with Crippen LogP contribution in [0.1, 0.15) is 43.5 Å². The fourth-order valence-electron chi connectivity index (χ4n) is 2.07. The van der Waals surface area contributed by atoms with Gasteiger partial charge in [0.2, 0.25) is 5.89 Å². The summed E-state index contributed by atoms with van der Waals surface area (Å²) in [6.45, 7) is 3.60. The van der Waals surface area contributed by atoms with Crippen molar-refractivity contribution < 1.29 is 14.0 Å². The van der Waals surface area contributed by atoms with E-state index in [0.29, 0.717) is 28.7 Å². The molecule has 2 rings (SSSR count). The molecule has 1 N–H and O–H groups in total. The Morgan fingerprint density at radius 1 is 1.45 bits per heavy atom. The van der Waals surface area contributed by atoms with Crippen LogP contribution in [0, 0.1) is 5.82 Å². The van der Waals surface area contributed by atoms with Gasteiger partial charge in [0, 0.05) is 17.0 Å². The highest BCUT2D eigenvalue weighted by Gasteiger charge is 2.22. The molecule has 0 aliphatic carbocycles. The minimum Gasteiger partial charge on any atom is -0.393 e. The summed E-state index contributed by atoms with van der Waals surface area (Å²) in [6.07, 6.45) is 0.260. The maximum atomic E-state index is 13.7. The van der Waals surface area contributed by atoms with Crippen LogP contribution in [-0.2, 0) is 6.42 Å². The first-order valence-corrected chi connectivity index (χ1v) is 6.84. The van der Waals surface area contributed by atoms with Crippen molar-refractivity contribution >= 4 is 11.6 Å². The van der Waals surface area contributed by atoms with Crippen LogP contribution in [-0.4, -0.2) is 21.4 Å². The zero-order valence-corrected chi connectivity index (χ0v) is 12.1. The lowest BCUT2D eigenvalue weighted by molar-refractivity contribution is 0.141. The van der Waals surface area contributed by atoms with Gasteiger partial charge in [-0.05, 0) is 25.5 Å². The van der Waals surface area contributed by atoms with Crippen LogP contribution in [0.15, 0.2) is 22.7 Å². The Bertz CT molecular complexity index is 566. The number of hydrogen-bond acceptors (Lipinski definition) is 4. The summed E-state index contributed by atoms with van der Waals surface area (Å²) in [4.78, 5) is 4.22. The molecule has 1 heterocycles. The molecular weight excluding hydrogens is 283 g/mol. The highest BCUT2D eigenvalue weighted by Crippen LogP contribution is 2.24. The molecule has 0 saturated carbocycles. The van der Waals surface area contributed by atoms with E-state index in [0.717, 1.165) is 0 Å². The maximum Gasteiger partial charge on any atom is 0.232 e. The third kappa shape index (κ3) is 3.16. The monoisotopic (exact) mass is 298 g/mol. The van der Waals surface area contributed by atoms with E-state index < -0.39 is 11.9 Å². The van der Waals surface area contributed by atoms with Crippen molar-refractivity contribution in [2.75, 3.05) is 0 Å². The summed E-state index contributed by atoms with van der Waals surface area (Å²) in [5, 5.41) is 13.8. The summed E-state index contributed by atoms with van der Waals surface area (Å²) in [6, 6.07) is 4.50. The van der Waals surface area contributed by atoms with Crippen molar-refractivity contribution in [2.45, 2.75) is 38.7 Å². The number of rotatable bonds is 5. The Labute approximate surface area is 121 Å². The molecule has 6 heteroatoms. The largest absolute Gasteiger partial charge is 0.393 e. The third-order valence-corrected chi connectivity index (χ3v) is 3.57. The number of aromatic nitrogens is 2. The Kier molecular flexibility index (Phi) is 4.73. The number of nitrogens with zero attached hydrogens (tertiary/aromatic N) is 2. The second-order valence-corrected chi connectivity index (χ2v) is 5.09. The molecule has 1 aromatic heterocycles. The predicted octanol–water partition coefficient (Wildman–Crippen LogP) is 3.33. The topological polar surface area (TPSA) is 59.2 Å². The van der Waals surface area contributed by atoms with Gasteiger partial charge in [-0.2, -0.15) is 4.98 Å².